The SMILES string of the molecule is CC.CC.CC.CC.CC.CC.CC.CC.CC.CC.CC.CC.CC.CC1C=C1.CC1C=CC1.CC1CC1.CC1CC=CC1.CC1CC=CCC1.CC1CCC1.CC1CCCC1.CC1CCCCC1.CN1C(=O)CCC1=O.Cc1cc2ccccc2o1.Cc1cc2ccccc2s1.Cc1coc2ccccc12.Cc1csc2ccccc12. The smallest absolute Gasteiger partial charge is 0.229 e. The van der Waals surface area contributed by atoms with Gasteiger partial charge in [-0.1, -0.05) is 447 Å². The lowest BCUT2D eigenvalue weighted by Gasteiger charge is -2.18. The molecule has 5 fully saturated rings. The summed E-state index contributed by atoms with van der Waals surface area (Å²) in [5, 5.41) is 7.35. The van der Waals surface area contributed by atoms with Gasteiger partial charge in [-0.15, -0.1) is 22.7 Å². The average Bonchev–Trinajstić information content (AvgIpc) is 1.73. The highest BCUT2D eigenvalue weighted by Crippen LogP contribution is 2.29. The van der Waals surface area contributed by atoms with Gasteiger partial charge in [0.05, 0.1) is 6.26 Å². The Balaban J connectivity index is -0.000000153. The van der Waals surface area contributed by atoms with Crippen LogP contribution in [0.2, 0.25) is 0 Å². The van der Waals surface area contributed by atoms with E-state index in [1.54, 1.807) is 6.26 Å². The highest BCUT2D eigenvalue weighted by Gasteiger charge is 2.24. The van der Waals surface area contributed by atoms with Crippen LogP contribution in [0.4, 0.5) is 0 Å². The fourth-order valence-corrected chi connectivity index (χ4v) is 12.4. The fraction of sp³-hybridized carbons (Fsp3) is 0.622. The first-order chi connectivity index (χ1) is 57.3. The number of imide groups is 1. The molecule has 682 valence electrons. The van der Waals surface area contributed by atoms with Crippen LogP contribution in [0.15, 0.2) is 178 Å². The summed E-state index contributed by atoms with van der Waals surface area (Å²) in [6.07, 6.45) is 49.2. The Morgan fingerprint density at radius 3 is 1.02 bits per heavy atom. The van der Waals surface area contributed by atoms with Crippen molar-refractivity contribution in [2.24, 2.45) is 47.3 Å². The lowest BCUT2D eigenvalue weighted by Crippen LogP contribution is -2.23. The Bertz CT molecular complexity index is 3140. The van der Waals surface area contributed by atoms with Crippen LogP contribution in [-0.4, -0.2) is 23.8 Å². The van der Waals surface area contributed by atoms with E-state index in [1.807, 2.05) is 265 Å². The quantitative estimate of drug-likeness (QED) is 0.112. The number of likely N-dealkylation sites (tertiary alicyclic amines) is 1. The van der Waals surface area contributed by atoms with Gasteiger partial charge in [0.25, 0.3) is 0 Å². The van der Waals surface area contributed by atoms with Crippen LogP contribution < -0.4 is 0 Å². The molecular weight excluding hydrogens is 1480 g/mol. The second-order valence-electron chi connectivity index (χ2n) is 27.6. The summed E-state index contributed by atoms with van der Waals surface area (Å²) in [4.78, 5) is 23.5. The number of rotatable bonds is 0. The predicted molar refractivity (Wildman–Crippen MR) is 552 cm³/mol. The van der Waals surface area contributed by atoms with E-state index < -0.39 is 0 Å². The molecule has 118 heavy (non-hydrogen) atoms. The van der Waals surface area contributed by atoms with Crippen LogP contribution in [0.5, 0.6) is 0 Å². The van der Waals surface area contributed by atoms with Gasteiger partial charge in [0.2, 0.25) is 11.8 Å². The monoisotopic (exact) mass is 1670 g/mol. The molecule has 4 aromatic carbocycles. The van der Waals surface area contributed by atoms with Crippen molar-refractivity contribution in [3.63, 3.8) is 0 Å². The van der Waals surface area contributed by atoms with Crippen molar-refractivity contribution >= 4 is 76.6 Å². The highest BCUT2D eigenvalue weighted by atomic mass is 32.1. The lowest BCUT2D eigenvalue weighted by atomic mass is 9.88. The van der Waals surface area contributed by atoms with Crippen LogP contribution in [-0.2, 0) is 9.59 Å². The van der Waals surface area contributed by atoms with Crippen molar-refractivity contribution in [2.45, 2.75) is 404 Å². The highest BCUT2D eigenvalue weighted by molar-refractivity contribution is 7.19. The molecule has 4 saturated carbocycles. The van der Waals surface area contributed by atoms with Crippen molar-refractivity contribution in [1.82, 2.24) is 4.90 Å². The first-order valence-corrected chi connectivity index (χ1v) is 50.2. The Kier molecular flexibility index (Phi) is 108. The number of allylic oxidation sites excluding steroid dienone is 8. The van der Waals surface area contributed by atoms with E-state index in [0.29, 0.717) is 12.8 Å². The molecule has 0 N–H and O–H groups in total. The number of benzene rings is 4. The molecule has 5 nitrogen and oxygen atoms in total. The van der Waals surface area contributed by atoms with E-state index >= 15 is 0 Å². The van der Waals surface area contributed by atoms with Gasteiger partial charge in [0.1, 0.15) is 16.9 Å². The number of aryl methyl sites for hydroxylation is 4. The molecule has 17 rings (SSSR count). The molecule has 2 atom stereocenters. The number of amides is 2. The van der Waals surface area contributed by atoms with Gasteiger partial charge in [-0.3, -0.25) is 14.5 Å². The van der Waals surface area contributed by atoms with Crippen molar-refractivity contribution in [1.29, 1.82) is 0 Å². The zero-order valence-electron chi connectivity index (χ0n) is 85.2. The third-order valence-corrected chi connectivity index (χ3v) is 20.0. The summed E-state index contributed by atoms with van der Waals surface area (Å²) < 4.78 is 13.4. The van der Waals surface area contributed by atoms with Crippen LogP contribution >= 0.6 is 22.7 Å². The zero-order chi connectivity index (χ0) is 92.5. The van der Waals surface area contributed by atoms with Crippen LogP contribution in [0.3, 0.4) is 0 Å². The van der Waals surface area contributed by atoms with Gasteiger partial charge in [0.15, 0.2) is 0 Å². The summed E-state index contributed by atoms with van der Waals surface area (Å²) in [5.41, 5.74) is 4.54. The number of carbonyl (C=O) groups is 2. The van der Waals surface area contributed by atoms with Gasteiger partial charge in [-0.05, 0) is 177 Å². The molecule has 8 aromatic rings. The number of fused-ring (bicyclic) bond motifs is 4. The molecule has 0 spiro atoms. The van der Waals surface area contributed by atoms with Crippen LogP contribution in [0.25, 0.3) is 42.1 Å². The number of hydrogen-bond donors (Lipinski definition) is 0. The van der Waals surface area contributed by atoms with E-state index in [4.69, 9.17) is 8.83 Å². The predicted octanol–water partition coefficient (Wildman–Crippen LogP) is 40.1. The minimum atomic E-state index is -0.0602. The molecule has 1 aliphatic heterocycles. The molecule has 0 radical (unpaired) electrons. The van der Waals surface area contributed by atoms with Gasteiger partial charge >= 0.3 is 0 Å². The molecule has 2 unspecified atom stereocenters. The summed E-state index contributed by atoms with van der Waals surface area (Å²) in [6, 6.07) is 37.3. The summed E-state index contributed by atoms with van der Waals surface area (Å²) >= 11 is 3.67. The fourth-order valence-electron chi connectivity index (χ4n) is 10.6. The van der Waals surface area contributed by atoms with Crippen molar-refractivity contribution in [2.75, 3.05) is 7.05 Å². The largest absolute Gasteiger partial charge is 0.464 e. The summed E-state index contributed by atoms with van der Waals surface area (Å²) in [6.45, 7) is 78.6. The molecule has 7 heteroatoms. The van der Waals surface area contributed by atoms with Crippen LogP contribution in [0, 0.1) is 75.0 Å². The lowest BCUT2D eigenvalue weighted by molar-refractivity contribution is -0.136. The molecule has 1 saturated heterocycles. The van der Waals surface area contributed by atoms with E-state index in [-0.39, 0.29) is 11.8 Å². The number of nitrogens with zero attached hydrogens (tertiary/aromatic N) is 1. The summed E-state index contributed by atoms with van der Waals surface area (Å²) in [7, 11) is 1.51. The Morgan fingerprint density at radius 1 is 0.356 bits per heavy atom. The second kappa shape index (κ2) is 98.1. The average molecular weight is 1670 g/mol. The van der Waals surface area contributed by atoms with Gasteiger partial charge < -0.3 is 8.83 Å². The first kappa shape index (κ1) is 130. The van der Waals surface area contributed by atoms with E-state index in [2.05, 4.69) is 184 Å². The maximum atomic E-state index is 10.5. The van der Waals surface area contributed by atoms with Crippen LogP contribution in [0.1, 0.15) is 398 Å². The second-order valence-corrected chi connectivity index (χ2v) is 29.8. The van der Waals surface area contributed by atoms with Crippen molar-refractivity contribution < 1.29 is 18.4 Å². The standard InChI is InChI=1S/2C9H8O.2C9H8S.C7H14.C7H12.C6H12.C6H10.C5H7NO2.C5H10.C5H8.C4H8.C4H6.13C2H6/c1-7-6-10-9-5-3-2-4-8(7)9;1-7-6-8-4-2-3-5-9(8)10-7;1-7-6-10-9-5-3-2-4-8(7)9;1-7-6-8-4-2-3-5-9(8)10-7;2*1-7-5-3-2-4-6-7;2*1-6-4-2-3-5-6;1-6-4(7)2-3-5(6)8;2*1-5-3-2-4-5;2*1-4-2-3-4;13*1-2/h4*2-6H,1H3;7H,2-6H2,1H3;2-3,7H,4-6H2,1H3;6H,2-5H2,1H3;2-3,6H,4-5H2,1H3;2-3H2,1H3;5H,2-4H2,1H3;2-3,5H,4H2,1H3;4H,2-3H2,1H3;2-4H,1H3;13*1-2H3. The number of hydrogen-bond acceptors (Lipinski definition) is 6. The third kappa shape index (κ3) is 73.9. The zero-order valence-corrected chi connectivity index (χ0v) is 86.9. The van der Waals surface area contributed by atoms with Crippen molar-refractivity contribution in [3.05, 3.63) is 191 Å². The molecule has 8 aliphatic carbocycles. The van der Waals surface area contributed by atoms with Gasteiger partial charge in [0, 0.05) is 44.9 Å². The first-order valence-electron chi connectivity index (χ1n) is 48.5. The number of thiophene rings is 2. The third-order valence-electron chi connectivity index (χ3n) is 17.9. The minimum absolute atomic E-state index is 0.0602. The normalized spacial score (nSPS) is 15.5. The molecule has 4 aromatic heterocycles. The maximum absolute atomic E-state index is 10.5. The van der Waals surface area contributed by atoms with Gasteiger partial charge in [-0.25, -0.2) is 0 Å². The number of furan rings is 2. The molecule has 5 heterocycles. The van der Waals surface area contributed by atoms with E-state index in [1.165, 1.54) is 187 Å². The maximum Gasteiger partial charge on any atom is 0.229 e. The molecule has 0 bridgehead atoms. The molecule has 2 amide bonds. The van der Waals surface area contributed by atoms with E-state index in [0.717, 1.165) is 64.3 Å². The summed E-state index contributed by atoms with van der Waals surface area (Å²) in [5.74, 6) is 8.69. The number of carbonyl (C=O) groups excluding carboxylic acids is 2. The Labute approximate surface area is 744 Å². The Hall–Kier alpha value is -6.02. The van der Waals surface area contributed by atoms with E-state index in [9.17, 15) is 9.59 Å². The minimum Gasteiger partial charge on any atom is -0.464 e. The van der Waals surface area contributed by atoms with Crippen molar-refractivity contribution in [3.8, 4) is 0 Å². The number of para-hydroxylation sites is 2. The molecule has 9 aliphatic rings. The molecular formula is C111H197NO4S2. The Morgan fingerprint density at radius 2 is 0.729 bits per heavy atom. The van der Waals surface area contributed by atoms with Gasteiger partial charge in [-0.2, -0.15) is 0 Å². The topological polar surface area (TPSA) is 63.7 Å².